The second-order valence-electron chi connectivity index (χ2n) is 7.80. The van der Waals surface area contributed by atoms with Crippen LogP contribution in [0.4, 0.5) is 5.69 Å². The van der Waals surface area contributed by atoms with Crippen LogP contribution in [0.2, 0.25) is 5.02 Å². The number of carbonyl (C=O) groups is 3. The summed E-state index contributed by atoms with van der Waals surface area (Å²) in [6.45, 7) is -0.507. The smallest absolute Gasteiger partial charge is 0.356 e. The van der Waals surface area contributed by atoms with Crippen molar-refractivity contribution in [2.45, 2.75) is 31.7 Å². The van der Waals surface area contributed by atoms with E-state index in [4.69, 9.17) is 16.3 Å². The van der Waals surface area contributed by atoms with Gasteiger partial charge in [-0.2, -0.15) is 5.10 Å². The van der Waals surface area contributed by atoms with Crippen molar-refractivity contribution in [3.63, 3.8) is 0 Å². The lowest BCUT2D eigenvalue weighted by Crippen LogP contribution is -2.33. The van der Waals surface area contributed by atoms with Crippen molar-refractivity contribution in [2.75, 3.05) is 11.9 Å². The first kappa shape index (κ1) is 22.5. The molecule has 8 nitrogen and oxygen atoms in total. The highest BCUT2D eigenvalue weighted by atomic mass is 35.5. The van der Waals surface area contributed by atoms with Gasteiger partial charge in [-0.3, -0.25) is 14.7 Å². The number of rotatable bonds is 7. The Hall–Kier alpha value is -3.65. The Labute approximate surface area is 195 Å². The van der Waals surface area contributed by atoms with Crippen LogP contribution in [-0.2, 0) is 9.53 Å². The summed E-state index contributed by atoms with van der Waals surface area (Å²) >= 11 is 5.89. The Morgan fingerprint density at radius 2 is 1.79 bits per heavy atom. The summed E-state index contributed by atoms with van der Waals surface area (Å²) in [5.41, 5.74) is 2.17. The minimum absolute atomic E-state index is 0.115. The molecule has 1 aromatic heterocycles. The molecule has 0 radical (unpaired) electrons. The van der Waals surface area contributed by atoms with Gasteiger partial charge in [0.25, 0.3) is 11.8 Å². The maximum atomic E-state index is 12.6. The van der Waals surface area contributed by atoms with E-state index in [0.29, 0.717) is 22.0 Å². The normalized spacial score (nSPS) is 13.5. The van der Waals surface area contributed by atoms with Crippen LogP contribution in [0, 0.1) is 0 Å². The number of ether oxygens (including phenoxy) is 1. The lowest BCUT2D eigenvalue weighted by atomic mass is 10.1. The molecule has 0 spiro atoms. The predicted molar refractivity (Wildman–Crippen MR) is 124 cm³/mol. The van der Waals surface area contributed by atoms with Crippen molar-refractivity contribution in [2.24, 2.45) is 0 Å². The second kappa shape index (κ2) is 10.3. The molecule has 0 saturated heterocycles. The zero-order chi connectivity index (χ0) is 23.2. The molecule has 2 aromatic carbocycles. The molecule has 4 rings (SSSR count). The van der Waals surface area contributed by atoms with Crippen molar-refractivity contribution >= 4 is 35.1 Å². The van der Waals surface area contributed by atoms with Crippen molar-refractivity contribution in [1.29, 1.82) is 0 Å². The number of aromatic amines is 1. The third-order valence-electron chi connectivity index (χ3n) is 5.41. The van der Waals surface area contributed by atoms with Gasteiger partial charge in [-0.05, 0) is 43.2 Å². The molecule has 33 heavy (non-hydrogen) atoms. The monoisotopic (exact) mass is 466 g/mol. The molecule has 3 N–H and O–H groups in total. The highest BCUT2D eigenvalue weighted by molar-refractivity contribution is 6.30. The van der Waals surface area contributed by atoms with E-state index >= 15 is 0 Å². The second-order valence-corrected chi connectivity index (χ2v) is 8.23. The van der Waals surface area contributed by atoms with Crippen molar-refractivity contribution < 1.29 is 19.1 Å². The van der Waals surface area contributed by atoms with Crippen LogP contribution in [0.3, 0.4) is 0 Å². The Kier molecular flexibility index (Phi) is 7.04. The first-order valence-electron chi connectivity index (χ1n) is 10.7. The largest absolute Gasteiger partial charge is 0.451 e. The molecule has 1 saturated carbocycles. The molecular weight excluding hydrogens is 444 g/mol. The minimum atomic E-state index is -0.717. The third-order valence-corrected chi connectivity index (χ3v) is 5.66. The summed E-state index contributed by atoms with van der Waals surface area (Å²) in [5.74, 6) is -1.51. The predicted octanol–water partition coefficient (Wildman–Crippen LogP) is 4.20. The molecule has 3 aromatic rings. The van der Waals surface area contributed by atoms with Crippen molar-refractivity contribution in [3.8, 4) is 11.3 Å². The molecule has 1 fully saturated rings. The molecule has 2 amide bonds. The topological polar surface area (TPSA) is 113 Å². The molecule has 1 aliphatic rings. The van der Waals surface area contributed by atoms with Gasteiger partial charge in [0.15, 0.2) is 6.61 Å². The summed E-state index contributed by atoms with van der Waals surface area (Å²) in [4.78, 5) is 37.3. The van der Waals surface area contributed by atoms with Crippen LogP contribution >= 0.6 is 11.6 Å². The average molecular weight is 467 g/mol. The summed E-state index contributed by atoms with van der Waals surface area (Å²) in [6.07, 6.45) is 4.13. The number of benzene rings is 2. The number of esters is 1. The Morgan fingerprint density at radius 3 is 2.55 bits per heavy atom. The van der Waals surface area contributed by atoms with Crippen LogP contribution in [0.25, 0.3) is 11.3 Å². The lowest BCUT2D eigenvalue weighted by molar-refractivity contribution is -0.119. The highest BCUT2D eigenvalue weighted by Gasteiger charge is 2.20. The van der Waals surface area contributed by atoms with Gasteiger partial charge in [-0.25, -0.2) is 4.79 Å². The van der Waals surface area contributed by atoms with Gasteiger partial charge in [0.1, 0.15) is 5.69 Å². The van der Waals surface area contributed by atoms with Gasteiger partial charge in [0.2, 0.25) is 0 Å². The number of halogens is 1. The van der Waals surface area contributed by atoms with E-state index in [1.807, 2.05) is 0 Å². The third kappa shape index (κ3) is 5.78. The SMILES string of the molecule is O=C(COC(=O)c1cc(-c2ccc(Cl)cc2)n[nH]1)Nc1ccccc1C(=O)NC1CCCC1. The van der Waals surface area contributed by atoms with E-state index in [1.165, 1.54) is 6.07 Å². The summed E-state index contributed by atoms with van der Waals surface area (Å²) in [7, 11) is 0. The zero-order valence-electron chi connectivity index (χ0n) is 17.8. The van der Waals surface area contributed by atoms with Crippen LogP contribution in [0.1, 0.15) is 46.5 Å². The van der Waals surface area contributed by atoms with E-state index in [-0.39, 0.29) is 17.6 Å². The number of amides is 2. The highest BCUT2D eigenvalue weighted by Crippen LogP contribution is 2.21. The Balaban J connectivity index is 1.33. The van der Waals surface area contributed by atoms with E-state index in [2.05, 4.69) is 20.8 Å². The molecule has 1 aliphatic carbocycles. The number of hydrogen-bond donors (Lipinski definition) is 3. The average Bonchev–Trinajstić information content (AvgIpc) is 3.51. The number of carbonyl (C=O) groups excluding carboxylic acids is 3. The maximum absolute atomic E-state index is 12.6. The number of hydrogen-bond acceptors (Lipinski definition) is 5. The van der Waals surface area contributed by atoms with Gasteiger partial charge in [0, 0.05) is 16.6 Å². The van der Waals surface area contributed by atoms with Gasteiger partial charge >= 0.3 is 5.97 Å². The van der Waals surface area contributed by atoms with Crippen LogP contribution < -0.4 is 10.6 Å². The molecular formula is C24H23ClN4O4. The van der Waals surface area contributed by atoms with Crippen LogP contribution in [0.5, 0.6) is 0 Å². The summed E-state index contributed by atoms with van der Waals surface area (Å²) in [5, 5.41) is 12.9. The van der Waals surface area contributed by atoms with Crippen LogP contribution in [-0.4, -0.2) is 40.6 Å². The minimum Gasteiger partial charge on any atom is -0.451 e. The first-order chi connectivity index (χ1) is 16.0. The molecule has 170 valence electrons. The first-order valence-corrected chi connectivity index (χ1v) is 11.1. The number of nitrogens with one attached hydrogen (secondary N) is 3. The molecule has 1 heterocycles. The van der Waals surface area contributed by atoms with Gasteiger partial charge < -0.3 is 15.4 Å². The molecule has 0 aliphatic heterocycles. The van der Waals surface area contributed by atoms with E-state index in [9.17, 15) is 14.4 Å². The number of para-hydroxylation sites is 1. The number of aromatic nitrogens is 2. The summed E-state index contributed by atoms with van der Waals surface area (Å²) < 4.78 is 5.09. The van der Waals surface area contributed by atoms with Gasteiger partial charge in [-0.15, -0.1) is 0 Å². The summed E-state index contributed by atoms with van der Waals surface area (Å²) in [6, 6.07) is 15.4. The standard InChI is InChI=1S/C24H23ClN4O4/c25-16-11-9-15(10-12-16)20-13-21(29-28-20)24(32)33-14-22(30)27-19-8-4-3-7-18(19)23(31)26-17-5-1-2-6-17/h3-4,7-13,17H,1-2,5-6,14H2,(H,26,31)(H,27,30)(H,28,29). The number of nitrogens with zero attached hydrogens (tertiary/aromatic N) is 1. The van der Waals surface area contributed by atoms with Crippen LogP contribution in [0.15, 0.2) is 54.6 Å². The number of anilines is 1. The molecule has 0 atom stereocenters. The fraction of sp³-hybridized carbons (Fsp3) is 0.250. The molecule has 0 unspecified atom stereocenters. The Morgan fingerprint density at radius 1 is 1.06 bits per heavy atom. The maximum Gasteiger partial charge on any atom is 0.356 e. The van der Waals surface area contributed by atoms with E-state index < -0.39 is 18.5 Å². The van der Waals surface area contributed by atoms with E-state index in [1.54, 1.807) is 48.5 Å². The van der Waals surface area contributed by atoms with Crippen molar-refractivity contribution in [1.82, 2.24) is 15.5 Å². The fourth-order valence-electron chi connectivity index (χ4n) is 3.71. The fourth-order valence-corrected chi connectivity index (χ4v) is 3.84. The Bertz CT molecular complexity index is 1150. The van der Waals surface area contributed by atoms with Gasteiger partial charge in [0.05, 0.1) is 16.9 Å². The molecule has 9 heteroatoms. The molecule has 0 bridgehead atoms. The lowest BCUT2D eigenvalue weighted by Gasteiger charge is -2.15. The van der Waals surface area contributed by atoms with E-state index in [0.717, 1.165) is 31.2 Å². The number of H-pyrrole nitrogens is 1. The zero-order valence-corrected chi connectivity index (χ0v) is 18.5. The quantitative estimate of drug-likeness (QED) is 0.452. The van der Waals surface area contributed by atoms with Gasteiger partial charge in [-0.1, -0.05) is 48.7 Å². The van der Waals surface area contributed by atoms with Crippen molar-refractivity contribution in [3.05, 3.63) is 70.9 Å².